The second-order valence-electron chi connectivity index (χ2n) is 7.84. The van der Waals surface area contributed by atoms with Gasteiger partial charge in [0.1, 0.15) is 11.6 Å². The zero-order valence-corrected chi connectivity index (χ0v) is 14.1. The van der Waals surface area contributed by atoms with Gasteiger partial charge in [-0.05, 0) is 72.3 Å². The van der Waals surface area contributed by atoms with Crippen LogP contribution >= 0.6 is 0 Å². The van der Waals surface area contributed by atoms with Crippen molar-refractivity contribution in [1.82, 2.24) is 0 Å². The van der Waals surface area contributed by atoms with E-state index in [1.54, 1.807) is 12.1 Å². The summed E-state index contributed by atoms with van der Waals surface area (Å²) in [6, 6.07) is 9.17. The van der Waals surface area contributed by atoms with Crippen LogP contribution in [-0.4, -0.2) is 11.1 Å². The number of aromatic carboxylic acids is 1. The van der Waals surface area contributed by atoms with Crippen molar-refractivity contribution in [3.05, 3.63) is 64.7 Å². The molecule has 134 valence electrons. The summed E-state index contributed by atoms with van der Waals surface area (Å²) in [4.78, 5) is 11.1. The van der Waals surface area contributed by atoms with Gasteiger partial charge in [-0.1, -0.05) is 12.1 Å². The highest BCUT2D eigenvalue weighted by Gasteiger charge is 2.54. The molecule has 5 rings (SSSR count). The summed E-state index contributed by atoms with van der Waals surface area (Å²) in [6.07, 6.45) is 3.39. The number of fused-ring (bicyclic) bond motifs is 7. The standard InChI is InChI=1S/C21H19F2NO2/c22-14-8-15-17-12-5-6-13(7-12)18(17)19(24-20(15)16(23)9-14)10-1-3-11(4-2-10)21(25)26/h1-4,8-9,12-13,17-19,24H,5-7H2,(H,25,26)/t12-,13-,17+,18-,19-/m0/s1. The summed E-state index contributed by atoms with van der Waals surface area (Å²) in [5.41, 5.74) is 2.39. The number of carboxylic acids is 1. The predicted octanol–water partition coefficient (Wildman–Crippen LogP) is 4.96. The summed E-state index contributed by atoms with van der Waals surface area (Å²) in [6.45, 7) is 0. The fourth-order valence-corrected chi connectivity index (χ4v) is 5.68. The Morgan fingerprint density at radius 2 is 1.81 bits per heavy atom. The van der Waals surface area contributed by atoms with Gasteiger partial charge < -0.3 is 10.4 Å². The molecule has 5 atom stereocenters. The van der Waals surface area contributed by atoms with Gasteiger partial charge in [0.15, 0.2) is 0 Å². The fourth-order valence-electron chi connectivity index (χ4n) is 5.68. The summed E-state index contributed by atoms with van der Waals surface area (Å²) in [5, 5.41) is 12.4. The molecule has 2 bridgehead atoms. The number of nitrogens with one attached hydrogen (secondary N) is 1. The molecule has 5 heteroatoms. The smallest absolute Gasteiger partial charge is 0.335 e. The Labute approximate surface area is 150 Å². The monoisotopic (exact) mass is 355 g/mol. The molecule has 1 aliphatic heterocycles. The minimum absolute atomic E-state index is 0.0781. The van der Waals surface area contributed by atoms with E-state index in [2.05, 4.69) is 5.32 Å². The lowest BCUT2D eigenvalue weighted by Gasteiger charge is -2.43. The topological polar surface area (TPSA) is 49.3 Å². The van der Waals surface area contributed by atoms with Crippen LogP contribution in [0.25, 0.3) is 0 Å². The Bertz CT molecular complexity index is 896. The highest BCUT2D eigenvalue weighted by molar-refractivity contribution is 5.87. The van der Waals surface area contributed by atoms with Crippen molar-refractivity contribution in [2.24, 2.45) is 17.8 Å². The van der Waals surface area contributed by atoms with Gasteiger partial charge in [-0.15, -0.1) is 0 Å². The van der Waals surface area contributed by atoms with Crippen LogP contribution in [0.1, 0.15) is 52.7 Å². The lowest BCUT2D eigenvalue weighted by Crippen LogP contribution is -2.36. The number of rotatable bonds is 2. The zero-order chi connectivity index (χ0) is 18.0. The van der Waals surface area contributed by atoms with Gasteiger partial charge in [-0.25, -0.2) is 13.6 Å². The van der Waals surface area contributed by atoms with Crippen LogP contribution in [0.5, 0.6) is 0 Å². The number of carbonyl (C=O) groups is 1. The molecule has 0 aromatic heterocycles. The Balaban J connectivity index is 1.61. The number of benzene rings is 2. The minimum atomic E-state index is -0.960. The SMILES string of the molecule is O=C(O)c1ccc([C@@H]2Nc3c(F)cc(F)cc3[C@H]3[C@H]4CC[C@@H](C4)[C@@H]32)cc1. The van der Waals surface area contributed by atoms with Crippen LogP contribution < -0.4 is 5.32 Å². The lowest BCUT2D eigenvalue weighted by molar-refractivity contribution is 0.0697. The molecule has 2 aromatic carbocycles. The number of carboxylic acid groups (broad SMARTS) is 1. The first-order chi connectivity index (χ1) is 12.5. The maximum Gasteiger partial charge on any atom is 0.335 e. The fraction of sp³-hybridized carbons (Fsp3) is 0.381. The van der Waals surface area contributed by atoms with Crippen LogP contribution in [0.15, 0.2) is 36.4 Å². The van der Waals surface area contributed by atoms with Gasteiger partial charge in [0.25, 0.3) is 0 Å². The predicted molar refractivity (Wildman–Crippen MR) is 93.2 cm³/mol. The molecule has 3 nitrogen and oxygen atoms in total. The van der Waals surface area contributed by atoms with E-state index in [4.69, 9.17) is 5.11 Å². The van der Waals surface area contributed by atoms with E-state index < -0.39 is 17.6 Å². The summed E-state index contributed by atoms with van der Waals surface area (Å²) in [5.74, 6) is -0.550. The van der Waals surface area contributed by atoms with E-state index in [0.717, 1.165) is 36.5 Å². The quantitative estimate of drug-likeness (QED) is 0.800. The molecule has 2 fully saturated rings. The number of hydrogen-bond donors (Lipinski definition) is 2. The molecule has 2 aliphatic carbocycles. The van der Waals surface area contributed by atoms with Crippen LogP contribution in [0.3, 0.4) is 0 Å². The molecule has 0 spiro atoms. The summed E-state index contributed by atoms with van der Waals surface area (Å²) >= 11 is 0. The normalized spacial score (nSPS) is 31.2. The van der Waals surface area contributed by atoms with Crippen molar-refractivity contribution in [1.29, 1.82) is 0 Å². The van der Waals surface area contributed by atoms with E-state index in [1.807, 2.05) is 12.1 Å². The van der Waals surface area contributed by atoms with E-state index in [-0.39, 0.29) is 23.4 Å². The molecular weight excluding hydrogens is 336 g/mol. The summed E-state index contributed by atoms with van der Waals surface area (Å²) < 4.78 is 28.4. The van der Waals surface area contributed by atoms with Crippen LogP contribution in [0, 0.1) is 29.4 Å². The largest absolute Gasteiger partial charge is 0.478 e. The average Bonchev–Trinajstić information content (AvgIpc) is 3.23. The van der Waals surface area contributed by atoms with Crippen LogP contribution in [0.2, 0.25) is 0 Å². The Morgan fingerprint density at radius 1 is 1.08 bits per heavy atom. The van der Waals surface area contributed by atoms with Crippen LogP contribution in [-0.2, 0) is 0 Å². The van der Waals surface area contributed by atoms with Gasteiger partial charge in [0.2, 0.25) is 0 Å². The van der Waals surface area contributed by atoms with Crippen molar-refractivity contribution in [2.45, 2.75) is 31.2 Å². The van der Waals surface area contributed by atoms with Crippen molar-refractivity contribution >= 4 is 11.7 Å². The third-order valence-corrected chi connectivity index (χ3v) is 6.63. The maximum atomic E-state index is 14.5. The Hall–Kier alpha value is -2.43. The average molecular weight is 355 g/mol. The first-order valence-corrected chi connectivity index (χ1v) is 9.11. The Morgan fingerprint density at radius 3 is 2.54 bits per heavy atom. The molecule has 26 heavy (non-hydrogen) atoms. The third kappa shape index (κ3) is 2.19. The van der Waals surface area contributed by atoms with Gasteiger partial charge in [-0.2, -0.15) is 0 Å². The lowest BCUT2D eigenvalue weighted by atomic mass is 9.68. The third-order valence-electron chi connectivity index (χ3n) is 6.63. The first-order valence-electron chi connectivity index (χ1n) is 9.11. The molecule has 2 N–H and O–H groups in total. The maximum absolute atomic E-state index is 14.5. The van der Waals surface area contributed by atoms with Crippen molar-refractivity contribution in [3.63, 3.8) is 0 Å². The molecule has 3 aliphatic rings. The molecule has 1 heterocycles. The number of hydrogen-bond acceptors (Lipinski definition) is 2. The van der Waals surface area contributed by atoms with E-state index >= 15 is 0 Å². The van der Waals surface area contributed by atoms with Gasteiger partial charge >= 0.3 is 5.97 Å². The highest BCUT2D eigenvalue weighted by atomic mass is 19.1. The molecule has 0 unspecified atom stereocenters. The van der Waals surface area contributed by atoms with Gasteiger partial charge in [0, 0.05) is 6.07 Å². The van der Waals surface area contributed by atoms with E-state index in [1.165, 1.54) is 6.07 Å². The zero-order valence-electron chi connectivity index (χ0n) is 14.1. The van der Waals surface area contributed by atoms with E-state index in [0.29, 0.717) is 17.5 Å². The Kier molecular flexibility index (Phi) is 3.36. The molecule has 2 saturated carbocycles. The second-order valence-corrected chi connectivity index (χ2v) is 7.84. The van der Waals surface area contributed by atoms with Gasteiger partial charge in [-0.3, -0.25) is 0 Å². The van der Waals surface area contributed by atoms with Gasteiger partial charge in [0.05, 0.1) is 17.3 Å². The van der Waals surface area contributed by atoms with Crippen molar-refractivity contribution in [3.8, 4) is 0 Å². The van der Waals surface area contributed by atoms with E-state index in [9.17, 15) is 13.6 Å². The van der Waals surface area contributed by atoms with Crippen LogP contribution in [0.4, 0.5) is 14.5 Å². The summed E-state index contributed by atoms with van der Waals surface area (Å²) in [7, 11) is 0. The van der Waals surface area contributed by atoms with Crippen molar-refractivity contribution in [2.75, 3.05) is 5.32 Å². The number of halogens is 2. The molecule has 0 radical (unpaired) electrons. The molecule has 2 aromatic rings. The minimum Gasteiger partial charge on any atom is -0.478 e. The highest BCUT2D eigenvalue weighted by Crippen LogP contribution is 2.63. The van der Waals surface area contributed by atoms with Crippen molar-refractivity contribution < 1.29 is 18.7 Å². The molecular formula is C21H19F2NO2. The number of anilines is 1. The second kappa shape index (κ2) is 5.53. The molecule has 0 amide bonds. The first kappa shape index (κ1) is 15.8. The molecule has 0 saturated heterocycles.